The summed E-state index contributed by atoms with van der Waals surface area (Å²) < 4.78 is 0.569. The lowest BCUT2D eigenvalue weighted by Crippen LogP contribution is -2.23. The minimum atomic E-state index is -0.489. The fraction of sp³-hybridized carbons (Fsp3) is 0.500. The number of aliphatic hydroxyl groups is 1. The Balaban J connectivity index is 2.81. The first kappa shape index (κ1) is 13.9. The van der Waals surface area contributed by atoms with Gasteiger partial charge in [0.1, 0.15) is 12.0 Å². The zero-order chi connectivity index (χ0) is 13.0. The Morgan fingerprint density at radius 1 is 1.71 bits per heavy atom. The molecule has 0 radical (unpaired) electrons. The van der Waals surface area contributed by atoms with Crippen LogP contribution in [0.4, 0.5) is 11.5 Å². The van der Waals surface area contributed by atoms with Gasteiger partial charge in [-0.1, -0.05) is 0 Å². The zero-order valence-electron chi connectivity index (χ0n) is 9.63. The van der Waals surface area contributed by atoms with E-state index in [0.29, 0.717) is 23.3 Å². The summed E-state index contributed by atoms with van der Waals surface area (Å²) in [5.41, 5.74) is -0.0513. The molecule has 0 aliphatic rings. The van der Waals surface area contributed by atoms with Gasteiger partial charge in [0.25, 0.3) is 5.69 Å². The highest BCUT2D eigenvalue weighted by molar-refractivity contribution is 9.10. The van der Waals surface area contributed by atoms with Gasteiger partial charge in [0.05, 0.1) is 15.5 Å². The number of aliphatic hydroxyl groups excluding tert-OH is 1. The topological polar surface area (TPSA) is 79.5 Å². The SMILES string of the molecule is CC(O)CCN(C)c1ncc([N+](=O)[O-])cc1Br. The van der Waals surface area contributed by atoms with Crippen molar-refractivity contribution in [2.45, 2.75) is 19.4 Å². The van der Waals surface area contributed by atoms with Crippen LogP contribution in [-0.2, 0) is 0 Å². The first-order chi connectivity index (χ1) is 7.91. The van der Waals surface area contributed by atoms with Gasteiger partial charge in [0.15, 0.2) is 0 Å². The predicted octanol–water partition coefficient (Wildman–Crippen LogP) is 1.96. The summed E-state index contributed by atoms with van der Waals surface area (Å²) in [6.45, 7) is 2.34. The van der Waals surface area contributed by atoms with Crippen molar-refractivity contribution in [3.05, 3.63) is 26.9 Å². The van der Waals surface area contributed by atoms with Gasteiger partial charge >= 0.3 is 0 Å². The third-order valence-corrected chi connectivity index (χ3v) is 2.85. The largest absolute Gasteiger partial charge is 0.393 e. The molecule has 0 amide bonds. The predicted molar refractivity (Wildman–Crippen MR) is 68.2 cm³/mol. The van der Waals surface area contributed by atoms with E-state index in [0.717, 1.165) is 0 Å². The summed E-state index contributed by atoms with van der Waals surface area (Å²) in [4.78, 5) is 15.9. The van der Waals surface area contributed by atoms with Crippen molar-refractivity contribution in [1.29, 1.82) is 0 Å². The maximum absolute atomic E-state index is 10.5. The van der Waals surface area contributed by atoms with Gasteiger partial charge in [-0.3, -0.25) is 10.1 Å². The van der Waals surface area contributed by atoms with E-state index in [1.165, 1.54) is 12.3 Å². The van der Waals surface area contributed by atoms with E-state index >= 15 is 0 Å². The molecule has 1 heterocycles. The first-order valence-electron chi connectivity index (χ1n) is 5.11. The molecule has 1 aromatic rings. The minimum absolute atomic E-state index is 0.0513. The molecule has 0 aromatic carbocycles. The monoisotopic (exact) mass is 303 g/mol. The molecule has 6 nitrogen and oxygen atoms in total. The van der Waals surface area contributed by atoms with E-state index in [2.05, 4.69) is 20.9 Å². The van der Waals surface area contributed by atoms with E-state index < -0.39 is 4.92 Å². The molecule has 1 rings (SSSR count). The number of aromatic nitrogens is 1. The van der Waals surface area contributed by atoms with Crippen LogP contribution in [0.25, 0.3) is 0 Å². The van der Waals surface area contributed by atoms with E-state index in [9.17, 15) is 15.2 Å². The van der Waals surface area contributed by atoms with Crippen LogP contribution in [-0.4, -0.2) is 34.7 Å². The molecule has 94 valence electrons. The van der Waals surface area contributed by atoms with Crippen molar-refractivity contribution in [2.75, 3.05) is 18.5 Å². The molecule has 0 aliphatic heterocycles. The van der Waals surface area contributed by atoms with Gasteiger partial charge < -0.3 is 10.0 Å². The summed E-state index contributed by atoms with van der Waals surface area (Å²) in [7, 11) is 1.82. The molecule has 0 spiro atoms. The Labute approximate surface area is 108 Å². The van der Waals surface area contributed by atoms with Crippen molar-refractivity contribution < 1.29 is 10.0 Å². The minimum Gasteiger partial charge on any atom is -0.393 e. The molecular formula is C10H14BrN3O3. The Kier molecular flexibility index (Phi) is 4.83. The summed E-state index contributed by atoms with van der Waals surface area (Å²) >= 11 is 3.25. The quantitative estimate of drug-likeness (QED) is 0.664. The third-order valence-electron chi connectivity index (χ3n) is 2.26. The lowest BCUT2D eigenvalue weighted by atomic mass is 10.3. The molecule has 17 heavy (non-hydrogen) atoms. The fourth-order valence-electron chi connectivity index (χ4n) is 1.29. The van der Waals surface area contributed by atoms with E-state index in [4.69, 9.17) is 0 Å². The second-order valence-electron chi connectivity index (χ2n) is 3.82. The summed E-state index contributed by atoms with van der Waals surface area (Å²) in [5, 5.41) is 19.7. The average molecular weight is 304 g/mol. The number of anilines is 1. The molecule has 0 fully saturated rings. The zero-order valence-corrected chi connectivity index (χ0v) is 11.2. The van der Waals surface area contributed by atoms with Gasteiger partial charge in [-0.05, 0) is 29.3 Å². The number of nitro groups is 1. The molecular weight excluding hydrogens is 290 g/mol. The van der Waals surface area contributed by atoms with Crippen molar-refractivity contribution in [3.63, 3.8) is 0 Å². The molecule has 1 N–H and O–H groups in total. The van der Waals surface area contributed by atoms with Crippen LogP contribution >= 0.6 is 15.9 Å². The third kappa shape index (κ3) is 3.94. The number of hydrogen-bond donors (Lipinski definition) is 1. The maximum Gasteiger partial charge on any atom is 0.288 e. The second-order valence-corrected chi connectivity index (χ2v) is 4.67. The van der Waals surface area contributed by atoms with Crippen LogP contribution in [0.1, 0.15) is 13.3 Å². The lowest BCUT2D eigenvalue weighted by molar-refractivity contribution is -0.385. The van der Waals surface area contributed by atoms with E-state index in [-0.39, 0.29) is 11.8 Å². The van der Waals surface area contributed by atoms with Crippen LogP contribution < -0.4 is 4.90 Å². The highest BCUT2D eigenvalue weighted by atomic mass is 79.9. The first-order valence-corrected chi connectivity index (χ1v) is 5.90. The Hall–Kier alpha value is -1.21. The summed E-state index contributed by atoms with van der Waals surface area (Å²) in [6.07, 6.45) is 1.45. The van der Waals surface area contributed by atoms with Gasteiger partial charge in [-0.25, -0.2) is 4.98 Å². The Morgan fingerprint density at radius 2 is 2.35 bits per heavy atom. The van der Waals surface area contributed by atoms with Crippen molar-refractivity contribution in [1.82, 2.24) is 4.98 Å². The highest BCUT2D eigenvalue weighted by Crippen LogP contribution is 2.26. The summed E-state index contributed by atoms with van der Waals surface area (Å²) in [6, 6.07) is 1.42. The van der Waals surface area contributed by atoms with Gasteiger partial charge in [-0.15, -0.1) is 0 Å². The molecule has 7 heteroatoms. The van der Waals surface area contributed by atoms with Crippen LogP contribution in [0.3, 0.4) is 0 Å². The highest BCUT2D eigenvalue weighted by Gasteiger charge is 2.13. The Morgan fingerprint density at radius 3 is 2.82 bits per heavy atom. The average Bonchev–Trinajstić information content (AvgIpc) is 2.25. The molecule has 1 aromatic heterocycles. The Bertz CT molecular complexity index is 412. The molecule has 1 unspecified atom stereocenters. The van der Waals surface area contributed by atoms with Crippen LogP contribution in [0.15, 0.2) is 16.7 Å². The van der Waals surface area contributed by atoms with Crippen LogP contribution in [0, 0.1) is 10.1 Å². The molecule has 1 atom stereocenters. The number of pyridine rings is 1. The standard InChI is InChI=1S/C10H14BrN3O3/c1-7(15)3-4-13(2)10-9(11)5-8(6-12-10)14(16)17/h5-7,15H,3-4H2,1-2H3. The smallest absolute Gasteiger partial charge is 0.288 e. The van der Waals surface area contributed by atoms with E-state index in [1.54, 1.807) is 6.92 Å². The summed E-state index contributed by atoms with van der Waals surface area (Å²) in [5.74, 6) is 0.622. The van der Waals surface area contributed by atoms with Crippen LogP contribution in [0.2, 0.25) is 0 Å². The number of rotatable bonds is 5. The molecule has 0 aliphatic carbocycles. The van der Waals surface area contributed by atoms with Crippen LogP contribution in [0.5, 0.6) is 0 Å². The van der Waals surface area contributed by atoms with Crippen molar-refractivity contribution in [2.24, 2.45) is 0 Å². The number of nitrogens with zero attached hydrogens (tertiary/aromatic N) is 3. The molecule has 0 bridgehead atoms. The van der Waals surface area contributed by atoms with E-state index in [1.807, 2.05) is 11.9 Å². The lowest BCUT2D eigenvalue weighted by Gasteiger charge is -2.19. The maximum atomic E-state index is 10.5. The second kappa shape index (κ2) is 5.92. The van der Waals surface area contributed by atoms with Crippen molar-refractivity contribution >= 4 is 27.4 Å². The van der Waals surface area contributed by atoms with Gasteiger partial charge in [0, 0.05) is 19.7 Å². The van der Waals surface area contributed by atoms with Gasteiger partial charge in [-0.2, -0.15) is 0 Å². The number of halogens is 1. The molecule has 0 saturated heterocycles. The number of hydrogen-bond acceptors (Lipinski definition) is 5. The fourth-order valence-corrected chi connectivity index (χ4v) is 1.93. The van der Waals surface area contributed by atoms with Gasteiger partial charge in [0.2, 0.25) is 0 Å². The normalized spacial score (nSPS) is 12.2. The van der Waals surface area contributed by atoms with Crippen molar-refractivity contribution in [3.8, 4) is 0 Å². The molecule has 0 saturated carbocycles.